The quantitative estimate of drug-likeness (QED) is 0.632. The molecule has 8 heteroatoms. The van der Waals surface area contributed by atoms with Crippen LogP contribution in [0, 0.1) is 0 Å². The second-order valence-corrected chi connectivity index (χ2v) is 6.78. The lowest BCUT2D eigenvalue weighted by molar-refractivity contribution is 0.0646. The molecule has 0 N–H and O–H groups in total. The number of fused-ring (bicyclic) bond motifs is 2. The maximum atomic E-state index is 12.8. The van der Waals surface area contributed by atoms with Gasteiger partial charge >= 0.3 is 0 Å². The van der Waals surface area contributed by atoms with E-state index >= 15 is 0 Å². The summed E-state index contributed by atoms with van der Waals surface area (Å²) in [5.41, 5.74) is 1.98. The number of hydrogen-bond acceptors (Lipinski definition) is 4. The van der Waals surface area contributed by atoms with Gasteiger partial charge in [0.15, 0.2) is 11.3 Å². The van der Waals surface area contributed by atoms with Gasteiger partial charge in [0.25, 0.3) is 5.91 Å². The molecule has 4 heterocycles. The number of furan rings is 1. The Hall–Kier alpha value is -1.86. The Balaban J connectivity index is 1.68. The van der Waals surface area contributed by atoms with Crippen LogP contribution in [0.5, 0.6) is 0 Å². The lowest BCUT2D eigenvalue weighted by Gasteiger charge is -2.31. The fraction of sp³-hybridized carbons (Fsp3) is 0.267. The molecule has 118 valence electrons. The minimum absolute atomic E-state index is 0.141. The van der Waals surface area contributed by atoms with Crippen molar-refractivity contribution in [3.05, 3.63) is 51.2 Å². The molecule has 3 aromatic rings. The Morgan fingerprint density at radius 3 is 3.17 bits per heavy atom. The molecule has 0 radical (unpaired) electrons. The van der Waals surface area contributed by atoms with Crippen LogP contribution in [0.25, 0.3) is 5.65 Å². The summed E-state index contributed by atoms with van der Waals surface area (Å²) in [6, 6.07) is 1.51. The van der Waals surface area contributed by atoms with Gasteiger partial charge in [0.1, 0.15) is 12.0 Å². The van der Waals surface area contributed by atoms with E-state index in [1.807, 2.05) is 6.92 Å². The van der Waals surface area contributed by atoms with Crippen LogP contribution in [0.2, 0.25) is 5.02 Å². The largest absolute Gasteiger partial charge is 0.465 e. The number of nitrogens with zero attached hydrogens (tertiary/aromatic N) is 4. The second kappa shape index (κ2) is 5.35. The van der Waals surface area contributed by atoms with E-state index in [0.717, 1.165) is 15.8 Å². The number of aromatic nitrogens is 3. The zero-order valence-electron chi connectivity index (χ0n) is 12.2. The van der Waals surface area contributed by atoms with Crippen LogP contribution in [-0.4, -0.2) is 31.9 Å². The Labute approximate surface area is 145 Å². The smallest absolute Gasteiger partial charge is 0.275 e. The van der Waals surface area contributed by atoms with E-state index in [1.165, 1.54) is 6.26 Å². The van der Waals surface area contributed by atoms with Crippen molar-refractivity contribution in [1.82, 2.24) is 19.5 Å². The fourth-order valence-electron chi connectivity index (χ4n) is 2.92. The van der Waals surface area contributed by atoms with E-state index in [-0.39, 0.29) is 11.9 Å². The molecule has 1 unspecified atom stereocenters. The molecule has 0 fully saturated rings. The van der Waals surface area contributed by atoms with Crippen molar-refractivity contribution in [1.29, 1.82) is 0 Å². The Kier molecular flexibility index (Phi) is 3.42. The van der Waals surface area contributed by atoms with Crippen molar-refractivity contribution in [2.24, 2.45) is 0 Å². The van der Waals surface area contributed by atoms with E-state index in [4.69, 9.17) is 16.0 Å². The molecule has 1 aliphatic rings. The lowest BCUT2D eigenvalue weighted by atomic mass is 10.0. The zero-order valence-corrected chi connectivity index (χ0v) is 14.5. The molecule has 3 aromatic heterocycles. The minimum atomic E-state index is -0.178. The average molecular weight is 396 g/mol. The number of rotatable bonds is 1. The number of carbonyl (C=O) groups excluding carboxylic acids is 1. The predicted octanol–water partition coefficient (Wildman–Crippen LogP) is 3.50. The lowest BCUT2D eigenvalue weighted by Crippen LogP contribution is -2.38. The van der Waals surface area contributed by atoms with E-state index in [0.29, 0.717) is 29.3 Å². The van der Waals surface area contributed by atoms with Gasteiger partial charge < -0.3 is 9.32 Å². The van der Waals surface area contributed by atoms with Gasteiger partial charge in [-0.2, -0.15) is 5.10 Å². The molecule has 0 bridgehead atoms. The number of carbonyl (C=O) groups is 1. The molecular formula is C15H12BrClN4O2. The van der Waals surface area contributed by atoms with E-state index in [2.05, 4.69) is 26.0 Å². The maximum absolute atomic E-state index is 12.8. The normalized spacial score (nSPS) is 17.5. The number of amides is 1. The third-order valence-corrected chi connectivity index (χ3v) is 4.81. The molecule has 1 amide bonds. The van der Waals surface area contributed by atoms with Gasteiger partial charge in [-0.1, -0.05) is 11.6 Å². The Morgan fingerprint density at radius 2 is 2.35 bits per heavy atom. The molecule has 6 nitrogen and oxygen atoms in total. The Morgan fingerprint density at radius 1 is 1.52 bits per heavy atom. The summed E-state index contributed by atoms with van der Waals surface area (Å²) in [7, 11) is 0. The topological polar surface area (TPSA) is 63.6 Å². The van der Waals surface area contributed by atoms with Gasteiger partial charge in [0, 0.05) is 30.6 Å². The van der Waals surface area contributed by atoms with Crippen molar-refractivity contribution < 1.29 is 9.21 Å². The third-order valence-electron chi connectivity index (χ3n) is 4.09. The van der Waals surface area contributed by atoms with Crippen molar-refractivity contribution in [2.45, 2.75) is 19.4 Å². The van der Waals surface area contributed by atoms with Crippen molar-refractivity contribution >= 4 is 39.1 Å². The van der Waals surface area contributed by atoms with Gasteiger partial charge in [-0.25, -0.2) is 9.50 Å². The molecular weight excluding hydrogens is 384 g/mol. The Bertz CT molecular complexity index is 919. The summed E-state index contributed by atoms with van der Waals surface area (Å²) in [5, 5.41) is 4.95. The first-order valence-electron chi connectivity index (χ1n) is 7.12. The highest BCUT2D eigenvalue weighted by Gasteiger charge is 2.33. The molecule has 1 aliphatic heterocycles. The van der Waals surface area contributed by atoms with E-state index < -0.39 is 0 Å². The molecule has 0 spiro atoms. The predicted molar refractivity (Wildman–Crippen MR) is 87.6 cm³/mol. The molecule has 0 saturated carbocycles. The monoisotopic (exact) mass is 394 g/mol. The van der Waals surface area contributed by atoms with Crippen LogP contribution in [-0.2, 0) is 6.42 Å². The van der Waals surface area contributed by atoms with Crippen LogP contribution < -0.4 is 0 Å². The first-order valence-corrected chi connectivity index (χ1v) is 8.29. The summed E-state index contributed by atoms with van der Waals surface area (Å²) in [4.78, 5) is 18.8. The molecule has 23 heavy (non-hydrogen) atoms. The summed E-state index contributed by atoms with van der Waals surface area (Å²) < 4.78 is 7.90. The summed E-state index contributed by atoms with van der Waals surface area (Å²) in [6.45, 7) is 2.51. The summed E-state index contributed by atoms with van der Waals surface area (Å²) in [6.07, 6.45) is 5.65. The van der Waals surface area contributed by atoms with Crippen molar-refractivity contribution in [3.8, 4) is 0 Å². The van der Waals surface area contributed by atoms with Crippen LogP contribution in [0.1, 0.15) is 34.8 Å². The SMILES string of the molecule is CC1c2occ(Cl)c2CCN1C(=O)c1cc2ncc(Br)cn2n1. The highest BCUT2D eigenvalue weighted by molar-refractivity contribution is 9.10. The first-order chi connectivity index (χ1) is 11.0. The van der Waals surface area contributed by atoms with E-state index in [1.54, 1.807) is 27.9 Å². The van der Waals surface area contributed by atoms with Gasteiger partial charge in [-0.3, -0.25) is 4.79 Å². The maximum Gasteiger partial charge on any atom is 0.275 e. The van der Waals surface area contributed by atoms with Gasteiger partial charge in [0.2, 0.25) is 0 Å². The highest BCUT2D eigenvalue weighted by Crippen LogP contribution is 2.35. The van der Waals surface area contributed by atoms with Crippen LogP contribution in [0.3, 0.4) is 0 Å². The first kappa shape index (κ1) is 14.7. The fourth-order valence-corrected chi connectivity index (χ4v) is 3.45. The van der Waals surface area contributed by atoms with Crippen molar-refractivity contribution in [3.63, 3.8) is 0 Å². The summed E-state index contributed by atoms with van der Waals surface area (Å²) >= 11 is 9.45. The molecule has 0 saturated heterocycles. The number of hydrogen-bond donors (Lipinski definition) is 0. The van der Waals surface area contributed by atoms with Crippen molar-refractivity contribution in [2.75, 3.05) is 6.54 Å². The molecule has 0 aliphatic carbocycles. The van der Waals surface area contributed by atoms with Gasteiger partial charge in [-0.15, -0.1) is 0 Å². The standard InChI is InChI=1S/C15H12BrClN4O2/c1-8-14-10(11(17)7-23-14)2-3-20(8)15(22)12-4-13-18-5-9(16)6-21(13)19-12/h4-8H,2-3H2,1H3. The molecule has 4 rings (SSSR count). The van der Waals surface area contributed by atoms with Crippen LogP contribution in [0.15, 0.2) is 33.6 Å². The second-order valence-electron chi connectivity index (χ2n) is 5.46. The van der Waals surface area contributed by atoms with Gasteiger partial charge in [-0.05, 0) is 29.3 Å². The van der Waals surface area contributed by atoms with Gasteiger partial charge in [0.05, 0.1) is 15.5 Å². The average Bonchev–Trinajstić information content (AvgIpc) is 3.11. The van der Waals surface area contributed by atoms with Crippen LogP contribution >= 0.6 is 27.5 Å². The third kappa shape index (κ3) is 2.35. The minimum Gasteiger partial charge on any atom is -0.465 e. The zero-order chi connectivity index (χ0) is 16.1. The van der Waals surface area contributed by atoms with E-state index in [9.17, 15) is 4.79 Å². The molecule has 1 atom stereocenters. The highest BCUT2D eigenvalue weighted by atomic mass is 79.9. The van der Waals surface area contributed by atoms with Crippen LogP contribution in [0.4, 0.5) is 0 Å². The number of halogens is 2. The molecule has 0 aromatic carbocycles. The summed E-state index contributed by atoms with van der Waals surface area (Å²) in [5.74, 6) is 0.608.